The zero-order chi connectivity index (χ0) is 13.0. The van der Waals surface area contributed by atoms with Crippen LogP contribution >= 0.6 is 27.5 Å². The highest BCUT2D eigenvalue weighted by Crippen LogP contribution is 2.25. The molecule has 0 aliphatic rings. The molecule has 1 aromatic heterocycles. The molecule has 0 N–H and O–H groups in total. The second-order valence-electron chi connectivity index (χ2n) is 4.12. The van der Waals surface area contributed by atoms with Gasteiger partial charge in [-0.1, -0.05) is 41.9 Å². The number of pyridine rings is 1. The quantitative estimate of drug-likeness (QED) is 0.838. The first-order valence-electron chi connectivity index (χ1n) is 5.73. The number of nitrogens with zero attached hydrogens (tertiary/aromatic N) is 2. The van der Waals surface area contributed by atoms with E-state index >= 15 is 0 Å². The number of hydrogen-bond acceptors (Lipinski definition) is 2. The number of anilines is 1. The van der Waals surface area contributed by atoms with E-state index < -0.39 is 0 Å². The number of benzene rings is 1. The van der Waals surface area contributed by atoms with Gasteiger partial charge in [-0.15, -0.1) is 0 Å². The number of hydrogen-bond donors (Lipinski definition) is 0. The molecule has 0 fully saturated rings. The second kappa shape index (κ2) is 6.21. The summed E-state index contributed by atoms with van der Waals surface area (Å²) < 4.78 is 0.896. The molecule has 0 saturated carbocycles. The van der Waals surface area contributed by atoms with E-state index in [1.165, 1.54) is 5.56 Å². The Morgan fingerprint density at radius 2 is 2.00 bits per heavy atom. The Bertz CT molecular complexity index is 516. The molecule has 2 aromatic rings. The molecule has 0 aliphatic carbocycles. The van der Waals surface area contributed by atoms with Crippen molar-refractivity contribution in [1.29, 1.82) is 0 Å². The fourth-order valence-electron chi connectivity index (χ4n) is 1.74. The van der Waals surface area contributed by atoms with E-state index in [9.17, 15) is 0 Å². The van der Waals surface area contributed by atoms with Gasteiger partial charge in [-0.25, -0.2) is 4.98 Å². The van der Waals surface area contributed by atoms with E-state index in [-0.39, 0.29) is 0 Å². The van der Waals surface area contributed by atoms with Crippen molar-refractivity contribution in [1.82, 2.24) is 4.98 Å². The van der Waals surface area contributed by atoms with Crippen molar-refractivity contribution in [3.8, 4) is 0 Å². The van der Waals surface area contributed by atoms with Crippen molar-refractivity contribution >= 4 is 33.3 Å². The van der Waals surface area contributed by atoms with Crippen molar-refractivity contribution in [3.63, 3.8) is 0 Å². The molecule has 0 radical (unpaired) electrons. The molecule has 1 heterocycles. The Hall–Kier alpha value is -1.06. The summed E-state index contributed by atoms with van der Waals surface area (Å²) in [6.45, 7) is 0.887. The normalized spacial score (nSPS) is 10.4. The summed E-state index contributed by atoms with van der Waals surface area (Å²) in [4.78, 5) is 6.41. The minimum Gasteiger partial charge on any atom is -0.358 e. The minimum absolute atomic E-state index is 0.667. The van der Waals surface area contributed by atoms with Gasteiger partial charge in [-0.2, -0.15) is 0 Å². The van der Waals surface area contributed by atoms with Gasteiger partial charge in [0.05, 0.1) is 5.02 Å². The standard InChI is InChI=1S/C14H14BrClN2/c1-18(8-7-11-5-3-2-4-6-11)14-13(16)9-12(15)10-17-14/h2-6,9-10H,7-8H2,1H3. The summed E-state index contributed by atoms with van der Waals surface area (Å²) in [6, 6.07) is 12.3. The first-order valence-corrected chi connectivity index (χ1v) is 6.90. The summed E-state index contributed by atoms with van der Waals surface area (Å²) in [6.07, 6.45) is 2.74. The fraction of sp³-hybridized carbons (Fsp3) is 0.214. The van der Waals surface area contributed by atoms with Crippen LogP contribution in [0.3, 0.4) is 0 Å². The van der Waals surface area contributed by atoms with Gasteiger partial charge in [0.15, 0.2) is 0 Å². The molecule has 94 valence electrons. The molecule has 0 bridgehead atoms. The second-order valence-corrected chi connectivity index (χ2v) is 5.44. The van der Waals surface area contributed by atoms with Crippen LogP contribution in [0, 0.1) is 0 Å². The maximum absolute atomic E-state index is 6.17. The molecular weight excluding hydrogens is 312 g/mol. The Kier molecular flexibility index (Phi) is 4.61. The van der Waals surface area contributed by atoms with Crippen LogP contribution in [0.5, 0.6) is 0 Å². The lowest BCUT2D eigenvalue weighted by Gasteiger charge is -2.19. The molecule has 1 aromatic carbocycles. The van der Waals surface area contributed by atoms with Crippen molar-refractivity contribution in [2.45, 2.75) is 6.42 Å². The number of halogens is 2. The van der Waals surface area contributed by atoms with Crippen molar-refractivity contribution in [2.75, 3.05) is 18.5 Å². The highest BCUT2D eigenvalue weighted by Gasteiger charge is 2.08. The van der Waals surface area contributed by atoms with E-state index in [1.54, 1.807) is 6.20 Å². The van der Waals surface area contributed by atoms with Gasteiger partial charge < -0.3 is 4.90 Å². The zero-order valence-corrected chi connectivity index (χ0v) is 12.4. The third kappa shape index (κ3) is 3.47. The predicted molar refractivity (Wildman–Crippen MR) is 80.4 cm³/mol. The minimum atomic E-state index is 0.667. The third-order valence-corrected chi connectivity index (χ3v) is 3.44. The highest BCUT2D eigenvalue weighted by molar-refractivity contribution is 9.10. The van der Waals surface area contributed by atoms with E-state index in [1.807, 2.05) is 19.2 Å². The fourth-order valence-corrected chi connectivity index (χ4v) is 2.51. The van der Waals surface area contributed by atoms with E-state index in [0.29, 0.717) is 5.02 Å². The van der Waals surface area contributed by atoms with Gasteiger partial charge in [0.1, 0.15) is 5.82 Å². The highest BCUT2D eigenvalue weighted by atomic mass is 79.9. The monoisotopic (exact) mass is 324 g/mol. The number of aromatic nitrogens is 1. The SMILES string of the molecule is CN(CCc1ccccc1)c1ncc(Br)cc1Cl. The Morgan fingerprint density at radius 3 is 2.67 bits per heavy atom. The zero-order valence-electron chi connectivity index (χ0n) is 10.1. The Balaban J connectivity index is 2.01. The average Bonchev–Trinajstić information content (AvgIpc) is 2.37. The summed E-state index contributed by atoms with van der Waals surface area (Å²) in [5, 5.41) is 0.667. The van der Waals surface area contributed by atoms with Crippen LogP contribution in [0.1, 0.15) is 5.56 Å². The molecular formula is C14H14BrClN2. The lowest BCUT2D eigenvalue weighted by Crippen LogP contribution is -2.21. The number of likely N-dealkylation sites (N-methyl/N-ethyl adjacent to an activating group) is 1. The van der Waals surface area contributed by atoms with Crippen LogP contribution in [0.2, 0.25) is 5.02 Å². The van der Waals surface area contributed by atoms with Crippen LogP contribution in [-0.2, 0) is 6.42 Å². The number of rotatable bonds is 4. The summed E-state index contributed by atoms with van der Waals surface area (Å²) >= 11 is 9.53. The molecule has 0 unspecified atom stereocenters. The molecule has 18 heavy (non-hydrogen) atoms. The summed E-state index contributed by atoms with van der Waals surface area (Å²) in [7, 11) is 2.01. The van der Waals surface area contributed by atoms with Gasteiger partial charge in [-0.05, 0) is 34.0 Å². The maximum Gasteiger partial charge on any atom is 0.147 e. The summed E-state index contributed by atoms with van der Waals surface area (Å²) in [5.74, 6) is 0.816. The molecule has 0 amide bonds. The van der Waals surface area contributed by atoms with E-state index in [4.69, 9.17) is 11.6 Å². The molecule has 0 saturated heterocycles. The molecule has 4 heteroatoms. The van der Waals surface area contributed by atoms with E-state index in [0.717, 1.165) is 23.3 Å². The van der Waals surface area contributed by atoms with Gasteiger partial charge in [0.2, 0.25) is 0 Å². The first-order chi connectivity index (χ1) is 8.66. The van der Waals surface area contributed by atoms with Gasteiger partial charge in [-0.3, -0.25) is 0 Å². The van der Waals surface area contributed by atoms with Gasteiger partial charge >= 0.3 is 0 Å². The molecule has 0 atom stereocenters. The first kappa shape index (κ1) is 13.4. The van der Waals surface area contributed by atoms with Crippen LogP contribution in [-0.4, -0.2) is 18.6 Å². The third-order valence-electron chi connectivity index (χ3n) is 2.73. The smallest absolute Gasteiger partial charge is 0.147 e. The van der Waals surface area contributed by atoms with Crippen LogP contribution in [0.4, 0.5) is 5.82 Å². The van der Waals surface area contributed by atoms with Gasteiger partial charge in [0.25, 0.3) is 0 Å². The topological polar surface area (TPSA) is 16.1 Å². The van der Waals surface area contributed by atoms with Crippen molar-refractivity contribution < 1.29 is 0 Å². The van der Waals surface area contributed by atoms with Crippen molar-refractivity contribution in [2.24, 2.45) is 0 Å². The van der Waals surface area contributed by atoms with Crippen LogP contribution in [0.25, 0.3) is 0 Å². The predicted octanol–water partition coefficient (Wildman–Crippen LogP) is 4.18. The molecule has 2 rings (SSSR count). The van der Waals surface area contributed by atoms with Gasteiger partial charge in [0, 0.05) is 24.3 Å². The van der Waals surface area contributed by atoms with Crippen molar-refractivity contribution in [3.05, 3.63) is 57.7 Å². The average molecular weight is 326 g/mol. The molecule has 0 spiro atoms. The maximum atomic E-state index is 6.17. The summed E-state index contributed by atoms with van der Waals surface area (Å²) in [5.41, 5.74) is 1.32. The van der Waals surface area contributed by atoms with Crippen LogP contribution in [0.15, 0.2) is 47.1 Å². The Morgan fingerprint density at radius 1 is 1.28 bits per heavy atom. The molecule has 2 nitrogen and oxygen atoms in total. The van der Waals surface area contributed by atoms with Crippen LogP contribution < -0.4 is 4.90 Å². The van der Waals surface area contributed by atoms with E-state index in [2.05, 4.69) is 50.1 Å². The Labute approximate surface area is 121 Å². The largest absolute Gasteiger partial charge is 0.358 e. The lowest BCUT2D eigenvalue weighted by atomic mass is 10.1. The lowest BCUT2D eigenvalue weighted by molar-refractivity contribution is 0.859. The molecule has 0 aliphatic heterocycles.